The first-order chi connectivity index (χ1) is 6.80. The van der Waals surface area contributed by atoms with E-state index in [9.17, 15) is 0 Å². The molecule has 0 saturated heterocycles. The zero-order chi connectivity index (χ0) is 11.6. The van der Waals surface area contributed by atoms with E-state index in [1.807, 2.05) is 13.8 Å². The van der Waals surface area contributed by atoms with Crippen LogP contribution in [0.4, 0.5) is 5.82 Å². The first-order valence-corrected chi connectivity index (χ1v) is 5.37. The van der Waals surface area contributed by atoms with Crippen LogP contribution in [0.25, 0.3) is 0 Å². The number of aryl methyl sites for hydroxylation is 2. The van der Waals surface area contributed by atoms with Gasteiger partial charge in [0.05, 0.1) is 11.4 Å². The highest BCUT2D eigenvalue weighted by molar-refractivity contribution is 5.40. The van der Waals surface area contributed by atoms with Gasteiger partial charge in [-0.3, -0.25) is 4.98 Å². The van der Waals surface area contributed by atoms with Crippen LogP contribution in [-0.2, 0) is 0 Å². The smallest absolute Gasteiger partial charge is 0.147 e. The van der Waals surface area contributed by atoms with Crippen molar-refractivity contribution in [1.29, 1.82) is 0 Å². The predicted molar refractivity (Wildman–Crippen MR) is 64.0 cm³/mol. The van der Waals surface area contributed by atoms with Gasteiger partial charge in [-0.25, -0.2) is 4.98 Å². The normalized spacial score (nSPS) is 13.7. The largest absolute Gasteiger partial charge is 0.366 e. The summed E-state index contributed by atoms with van der Waals surface area (Å²) in [5, 5.41) is 3.42. The average Bonchev–Trinajstić information content (AvgIpc) is 2.09. The number of hydrogen-bond donors (Lipinski definition) is 1. The Hall–Kier alpha value is -1.12. The van der Waals surface area contributed by atoms with Gasteiger partial charge in [0.1, 0.15) is 5.82 Å². The number of nitrogens with zero attached hydrogens (tertiary/aromatic N) is 2. The van der Waals surface area contributed by atoms with Gasteiger partial charge in [0.2, 0.25) is 0 Å². The van der Waals surface area contributed by atoms with Crippen molar-refractivity contribution in [2.24, 2.45) is 5.41 Å². The number of hydrogen-bond acceptors (Lipinski definition) is 3. The van der Waals surface area contributed by atoms with E-state index < -0.39 is 0 Å². The number of nitrogens with one attached hydrogen (secondary N) is 1. The summed E-state index contributed by atoms with van der Waals surface area (Å²) in [5.41, 5.74) is 2.12. The van der Waals surface area contributed by atoms with Crippen LogP contribution < -0.4 is 5.32 Å². The monoisotopic (exact) mass is 207 g/mol. The van der Waals surface area contributed by atoms with Gasteiger partial charge in [0, 0.05) is 12.2 Å². The van der Waals surface area contributed by atoms with Crippen molar-refractivity contribution in [3.05, 3.63) is 17.6 Å². The fourth-order valence-electron chi connectivity index (χ4n) is 1.10. The third-order valence-electron chi connectivity index (χ3n) is 2.73. The molecule has 1 heterocycles. The Bertz CT molecular complexity index is 339. The summed E-state index contributed by atoms with van der Waals surface area (Å²) in [7, 11) is 0. The van der Waals surface area contributed by atoms with E-state index >= 15 is 0 Å². The van der Waals surface area contributed by atoms with Gasteiger partial charge in [-0.05, 0) is 26.2 Å². The molecule has 84 valence electrons. The molecule has 15 heavy (non-hydrogen) atoms. The van der Waals surface area contributed by atoms with Gasteiger partial charge < -0.3 is 5.32 Å². The molecule has 0 aliphatic rings. The van der Waals surface area contributed by atoms with Gasteiger partial charge in [0.25, 0.3) is 0 Å². The molecule has 0 saturated carbocycles. The minimum atomic E-state index is 0.220. The van der Waals surface area contributed by atoms with Crippen LogP contribution in [0.15, 0.2) is 6.20 Å². The van der Waals surface area contributed by atoms with E-state index in [0.717, 1.165) is 17.2 Å². The van der Waals surface area contributed by atoms with Gasteiger partial charge in [0.15, 0.2) is 0 Å². The Morgan fingerprint density at radius 1 is 1.27 bits per heavy atom. The lowest BCUT2D eigenvalue weighted by Crippen LogP contribution is -2.31. The van der Waals surface area contributed by atoms with E-state index in [1.54, 1.807) is 6.20 Å². The van der Waals surface area contributed by atoms with Crippen molar-refractivity contribution >= 4 is 5.82 Å². The van der Waals surface area contributed by atoms with Crippen LogP contribution in [0.1, 0.15) is 39.1 Å². The molecule has 0 radical (unpaired) electrons. The van der Waals surface area contributed by atoms with Gasteiger partial charge in [-0.15, -0.1) is 0 Å². The second-order valence-corrected chi connectivity index (χ2v) is 5.18. The van der Waals surface area contributed by atoms with Gasteiger partial charge in [-0.2, -0.15) is 0 Å². The molecule has 0 aromatic carbocycles. The lowest BCUT2D eigenvalue weighted by molar-refractivity contribution is 0.358. The minimum Gasteiger partial charge on any atom is -0.366 e. The average molecular weight is 207 g/mol. The first-order valence-electron chi connectivity index (χ1n) is 5.37. The van der Waals surface area contributed by atoms with E-state index in [2.05, 4.69) is 43.0 Å². The van der Waals surface area contributed by atoms with Crippen molar-refractivity contribution in [1.82, 2.24) is 9.97 Å². The molecular formula is C12H21N3. The topological polar surface area (TPSA) is 37.8 Å². The van der Waals surface area contributed by atoms with Crippen molar-refractivity contribution in [3.63, 3.8) is 0 Å². The highest BCUT2D eigenvalue weighted by atomic mass is 15.0. The van der Waals surface area contributed by atoms with Crippen molar-refractivity contribution in [2.75, 3.05) is 5.32 Å². The van der Waals surface area contributed by atoms with E-state index in [0.29, 0.717) is 6.04 Å². The summed E-state index contributed by atoms with van der Waals surface area (Å²) in [6.45, 7) is 12.7. The van der Waals surface area contributed by atoms with Crippen LogP contribution in [-0.4, -0.2) is 16.0 Å². The third kappa shape index (κ3) is 3.18. The first kappa shape index (κ1) is 12.0. The molecule has 0 aliphatic carbocycles. The van der Waals surface area contributed by atoms with Gasteiger partial charge >= 0.3 is 0 Å². The molecule has 1 atom stereocenters. The third-order valence-corrected chi connectivity index (χ3v) is 2.73. The van der Waals surface area contributed by atoms with Crippen LogP contribution >= 0.6 is 0 Å². The Kier molecular flexibility index (Phi) is 3.32. The van der Waals surface area contributed by atoms with Gasteiger partial charge in [-0.1, -0.05) is 20.8 Å². The summed E-state index contributed by atoms with van der Waals surface area (Å²) < 4.78 is 0. The quantitative estimate of drug-likeness (QED) is 0.810. The van der Waals surface area contributed by atoms with Crippen molar-refractivity contribution < 1.29 is 0 Å². The van der Waals surface area contributed by atoms with Crippen LogP contribution in [0.3, 0.4) is 0 Å². The van der Waals surface area contributed by atoms with E-state index in [1.165, 1.54) is 0 Å². The van der Waals surface area contributed by atoms with Crippen molar-refractivity contribution in [2.45, 2.75) is 47.6 Å². The lowest BCUT2D eigenvalue weighted by atomic mass is 9.88. The fourth-order valence-corrected chi connectivity index (χ4v) is 1.10. The molecule has 0 aliphatic heterocycles. The molecule has 0 amide bonds. The Balaban J connectivity index is 2.85. The molecule has 3 nitrogen and oxygen atoms in total. The number of rotatable bonds is 2. The van der Waals surface area contributed by atoms with Crippen molar-refractivity contribution in [3.8, 4) is 0 Å². The number of aromatic nitrogens is 2. The molecule has 0 fully saturated rings. The fraction of sp³-hybridized carbons (Fsp3) is 0.667. The molecule has 0 spiro atoms. The van der Waals surface area contributed by atoms with E-state index in [-0.39, 0.29) is 5.41 Å². The minimum absolute atomic E-state index is 0.220. The summed E-state index contributed by atoms with van der Waals surface area (Å²) in [5.74, 6) is 0.900. The second-order valence-electron chi connectivity index (χ2n) is 5.18. The standard InChI is InChI=1S/C12H21N3/c1-8-7-13-9(2)11(14-8)15-10(3)12(4,5)6/h7,10H,1-6H3,(H,14,15). The van der Waals surface area contributed by atoms with Crippen LogP contribution in [0, 0.1) is 19.3 Å². The Morgan fingerprint density at radius 2 is 1.87 bits per heavy atom. The summed E-state index contributed by atoms with van der Waals surface area (Å²) in [4.78, 5) is 8.74. The molecule has 1 aromatic heterocycles. The van der Waals surface area contributed by atoms with Crippen LogP contribution in [0.2, 0.25) is 0 Å². The second kappa shape index (κ2) is 4.17. The highest BCUT2D eigenvalue weighted by Crippen LogP contribution is 2.22. The summed E-state index contributed by atoms with van der Waals surface area (Å²) >= 11 is 0. The molecule has 0 bridgehead atoms. The molecule has 3 heteroatoms. The molecule has 1 rings (SSSR count). The maximum atomic E-state index is 4.45. The zero-order valence-corrected chi connectivity index (χ0v) is 10.5. The maximum absolute atomic E-state index is 4.45. The lowest BCUT2D eigenvalue weighted by Gasteiger charge is -2.28. The highest BCUT2D eigenvalue weighted by Gasteiger charge is 2.20. The Morgan fingerprint density at radius 3 is 2.40 bits per heavy atom. The molecular weight excluding hydrogens is 186 g/mol. The zero-order valence-electron chi connectivity index (χ0n) is 10.5. The Labute approximate surface area is 92.3 Å². The number of anilines is 1. The molecule has 1 unspecified atom stereocenters. The summed E-state index contributed by atoms with van der Waals surface area (Å²) in [6, 6.07) is 0.368. The summed E-state index contributed by atoms with van der Waals surface area (Å²) in [6.07, 6.45) is 1.79. The van der Waals surface area contributed by atoms with Crippen LogP contribution in [0.5, 0.6) is 0 Å². The maximum Gasteiger partial charge on any atom is 0.147 e. The van der Waals surface area contributed by atoms with E-state index in [4.69, 9.17) is 0 Å². The molecule has 1 N–H and O–H groups in total. The molecule has 1 aromatic rings. The SMILES string of the molecule is Cc1cnc(C)c(NC(C)C(C)(C)C)n1. The predicted octanol–water partition coefficient (Wildman–Crippen LogP) is 2.94.